The van der Waals surface area contributed by atoms with E-state index in [9.17, 15) is 4.79 Å². The highest BCUT2D eigenvalue weighted by molar-refractivity contribution is 5.85. The number of piperidine rings is 1. The van der Waals surface area contributed by atoms with E-state index in [0.717, 1.165) is 24.9 Å². The van der Waals surface area contributed by atoms with Gasteiger partial charge in [-0.2, -0.15) is 0 Å². The molecule has 2 saturated carbocycles. The molecule has 22 heavy (non-hydrogen) atoms. The second-order valence-electron chi connectivity index (χ2n) is 8.16. The van der Waals surface area contributed by atoms with Crippen LogP contribution in [0.1, 0.15) is 57.8 Å². The van der Waals surface area contributed by atoms with Gasteiger partial charge in [0, 0.05) is 25.6 Å². The Balaban J connectivity index is 0.00000144. The molecule has 4 fully saturated rings. The standard InChI is InChI=1S/C18H30N2O.ClH/c21-17(16-12-15(16)14-4-2-1-3-5-14)20-10-7-18(8-11-20)6-9-19-13-18;/h14-16,19H,1-13H2;1H. The van der Waals surface area contributed by atoms with Crippen LogP contribution < -0.4 is 5.32 Å². The Hall–Kier alpha value is -0.280. The molecule has 0 aromatic heterocycles. The molecule has 2 aliphatic heterocycles. The third-order valence-electron chi connectivity index (χ3n) is 6.88. The minimum absolute atomic E-state index is 0. The SMILES string of the molecule is Cl.O=C(C1CC1C1CCCCC1)N1CCC2(CCNC2)CC1. The molecule has 1 spiro atoms. The number of nitrogens with zero attached hydrogens (tertiary/aromatic N) is 1. The second-order valence-corrected chi connectivity index (χ2v) is 8.16. The lowest BCUT2D eigenvalue weighted by molar-refractivity contribution is -0.135. The summed E-state index contributed by atoms with van der Waals surface area (Å²) in [4.78, 5) is 14.9. The van der Waals surface area contributed by atoms with E-state index in [1.807, 2.05) is 0 Å². The summed E-state index contributed by atoms with van der Waals surface area (Å²) in [6, 6.07) is 0. The third kappa shape index (κ3) is 3.17. The maximum atomic E-state index is 12.7. The normalized spacial score (nSPS) is 34.5. The third-order valence-corrected chi connectivity index (χ3v) is 6.88. The predicted octanol–water partition coefficient (Wildman–Crippen LogP) is 3.23. The van der Waals surface area contributed by atoms with Crippen LogP contribution in [0, 0.1) is 23.2 Å². The molecule has 1 amide bonds. The van der Waals surface area contributed by atoms with Crippen LogP contribution in [0.2, 0.25) is 0 Å². The molecular weight excluding hydrogens is 296 g/mol. The lowest BCUT2D eigenvalue weighted by Crippen LogP contribution is -2.44. The van der Waals surface area contributed by atoms with Crippen LogP contribution in [-0.4, -0.2) is 37.0 Å². The second kappa shape index (κ2) is 6.68. The molecule has 0 aromatic carbocycles. The molecule has 4 rings (SSSR count). The summed E-state index contributed by atoms with van der Waals surface area (Å²) in [5, 5.41) is 3.51. The lowest BCUT2D eigenvalue weighted by atomic mass is 9.77. The number of nitrogens with one attached hydrogen (secondary N) is 1. The molecule has 4 heteroatoms. The Bertz CT molecular complexity index is 392. The van der Waals surface area contributed by atoms with Crippen molar-refractivity contribution in [2.45, 2.75) is 57.8 Å². The van der Waals surface area contributed by atoms with Gasteiger partial charge in [-0.3, -0.25) is 4.79 Å². The van der Waals surface area contributed by atoms with E-state index in [-0.39, 0.29) is 12.4 Å². The zero-order valence-electron chi connectivity index (χ0n) is 13.7. The number of carbonyl (C=O) groups excluding carboxylic acids is 1. The maximum Gasteiger partial charge on any atom is 0.225 e. The minimum Gasteiger partial charge on any atom is -0.342 e. The first-order valence-electron chi connectivity index (χ1n) is 9.27. The van der Waals surface area contributed by atoms with Gasteiger partial charge in [-0.1, -0.05) is 32.1 Å². The number of carbonyl (C=O) groups is 1. The fourth-order valence-corrected chi connectivity index (χ4v) is 5.24. The molecule has 2 unspecified atom stereocenters. The van der Waals surface area contributed by atoms with Crippen molar-refractivity contribution >= 4 is 18.3 Å². The van der Waals surface area contributed by atoms with E-state index in [4.69, 9.17) is 0 Å². The Labute approximate surface area is 141 Å². The molecule has 1 N–H and O–H groups in total. The smallest absolute Gasteiger partial charge is 0.225 e. The largest absolute Gasteiger partial charge is 0.342 e. The van der Waals surface area contributed by atoms with Crippen LogP contribution in [0.4, 0.5) is 0 Å². The summed E-state index contributed by atoms with van der Waals surface area (Å²) < 4.78 is 0. The van der Waals surface area contributed by atoms with Crippen molar-refractivity contribution in [1.29, 1.82) is 0 Å². The van der Waals surface area contributed by atoms with E-state index >= 15 is 0 Å². The summed E-state index contributed by atoms with van der Waals surface area (Å²) in [7, 11) is 0. The average Bonchev–Trinajstić information content (AvgIpc) is 3.23. The van der Waals surface area contributed by atoms with Crippen molar-refractivity contribution in [3.8, 4) is 0 Å². The van der Waals surface area contributed by atoms with Gasteiger partial charge in [-0.05, 0) is 49.5 Å². The molecule has 2 atom stereocenters. The fourth-order valence-electron chi connectivity index (χ4n) is 5.24. The monoisotopic (exact) mass is 326 g/mol. The summed E-state index contributed by atoms with van der Waals surface area (Å²) in [5.41, 5.74) is 0.531. The Kier molecular flexibility index (Phi) is 5.04. The molecular formula is C18H31ClN2O. The van der Waals surface area contributed by atoms with Crippen molar-refractivity contribution in [2.24, 2.45) is 23.2 Å². The van der Waals surface area contributed by atoms with Crippen molar-refractivity contribution in [3.63, 3.8) is 0 Å². The first kappa shape index (κ1) is 16.6. The van der Waals surface area contributed by atoms with E-state index in [0.29, 0.717) is 17.2 Å². The zero-order chi connectivity index (χ0) is 14.3. The molecule has 2 heterocycles. The number of rotatable bonds is 2. The van der Waals surface area contributed by atoms with Crippen LogP contribution in [-0.2, 0) is 4.79 Å². The van der Waals surface area contributed by atoms with Gasteiger partial charge in [0.25, 0.3) is 0 Å². The Morgan fingerprint density at radius 2 is 1.77 bits per heavy atom. The molecule has 126 valence electrons. The summed E-state index contributed by atoms with van der Waals surface area (Å²) in [6.45, 7) is 4.41. The van der Waals surface area contributed by atoms with Gasteiger partial charge >= 0.3 is 0 Å². The van der Waals surface area contributed by atoms with Crippen LogP contribution in [0.15, 0.2) is 0 Å². The highest BCUT2D eigenvalue weighted by Crippen LogP contribution is 2.50. The maximum absolute atomic E-state index is 12.7. The highest BCUT2D eigenvalue weighted by Gasteiger charge is 2.49. The van der Waals surface area contributed by atoms with Crippen molar-refractivity contribution in [1.82, 2.24) is 10.2 Å². The van der Waals surface area contributed by atoms with Gasteiger partial charge in [0.2, 0.25) is 5.91 Å². The van der Waals surface area contributed by atoms with Gasteiger partial charge in [-0.25, -0.2) is 0 Å². The van der Waals surface area contributed by atoms with Crippen molar-refractivity contribution < 1.29 is 4.79 Å². The summed E-state index contributed by atoms with van der Waals surface area (Å²) >= 11 is 0. The average molecular weight is 327 g/mol. The van der Waals surface area contributed by atoms with E-state index in [2.05, 4.69) is 10.2 Å². The van der Waals surface area contributed by atoms with E-state index < -0.39 is 0 Å². The van der Waals surface area contributed by atoms with Crippen LogP contribution >= 0.6 is 12.4 Å². The highest BCUT2D eigenvalue weighted by atomic mass is 35.5. The number of hydrogen-bond donors (Lipinski definition) is 1. The summed E-state index contributed by atoms with van der Waals surface area (Å²) in [6.07, 6.45) is 12.0. The van der Waals surface area contributed by atoms with Gasteiger partial charge < -0.3 is 10.2 Å². The summed E-state index contributed by atoms with van der Waals surface area (Å²) in [5.74, 6) is 2.54. The molecule has 0 aromatic rings. The van der Waals surface area contributed by atoms with Gasteiger partial charge in [0.05, 0.1) is 0 Å². The van der Waals surface area contributed by atoms with Crippen molar-refractivity contribution in [3.05, 3.63) is 0 Å². The van der Waals surface area contributed by atoms with Gasteiger partial charge in [0.15, 0.2) is 0 Å². The molecule has 2 aliphatic carbocycles. The number of halogens is 1. The van der Waals surface area contributed by atoms with Crippen LogP contribution in [0.5, 0.6) is 0 Å². The fraction of sp³-hybridized carbons (Fsp3) is 0.944. The zero-order valence-corrected chi connectivity index (χ0v) is 14.5. The minimum atomic E-state index is 0. The number of hydrogen-bond acceptors (Lipinski definition) is 2. The molecule has 2 saturated heterocycles. The molecule has 4 aliphatic rings. The van der Waals surface area contributed by atoms with Crippen LogP contribution in [0.25, 0.3) is 0 Å². The van der Waals surface area contributed by atoms with Crippen molar-refractivity contribution in [2.75, 3.05) is 26.2 Å². The Morgan fingerprint density at radius 3 is 2.41 bits per heavy atom. The number of amides is 1. The molecule has 0 radical (unpaired) electrons. The number of likely N-dealkylation sites (tertiary alicyclic amines) is 1. The van der Waals surface area contributed by atoms with E-state index in [1.54, 1.807) is 0 Å². The lowest BCUT2D eigenvalue weighted by Gasteiger charge is -2.39. The topological polar surface area (TPSA) is 32.3 Å². The van der Waals surface area contributed by atoms with Gasteiger partial charge in [0.1, 0.15) is 0 Å². The van der Waals surface area contributed by atoms with Crippen LogP contribution in [0.3, 0.4) is 0 Å². The first-order chi connectivity index (χ1) is 10.3. The molecule has 3 nitrogen and oxygen atoms in total. The van der Waals surface area contributed by atoms with E-state index in [1.165, 1.54) is 70.9 Å². The molecule has 0 bridgehead atoms. The first-order valence-corrected chi connectivity index (χ1v) is 9.27. The quantitative estimate of drug-likeness (QED) is 0.845. The van der Waals surface area contributed by atoms with Gasteiger partial charge in [-0.15, -0.1) is 12.4 Å². The Morgan fingerprint density at radius 1 is 1.05 bits per heavy atom. The predicted molar refractivity (Wildman–Crippen MR) is 91.2 cm³/mol.